The lowest BCUT2D eigenvalue weighted by Crippen LogP contribution is -2.30. The van der Waals surface area contributed by atoms with Crippen LogP contribution in [-0.2, 0) is 20.8 Å². The van der Waals surface area contributed by atoms with Gasteiger partial charge in [0.2, 0.25) is 11.8 Å². The highest BCUT2D eigenvalue weighted by molar-refractivity contribution is 7.99. The van der Waals surface area contributed by atoms with Gasteiger partial charge in [0.1, 0.15) is 6.54 Å². The van der Waals surface area contributed by atoms with Crippen molar-refractivity contribution in [2.75, 3.05) is 23.4 Å². The number of hydrogen-bond acceptors (Lipinski definition) is 4. The molecule has 7 heteroatoms. The number of rotatable bonds is 10. The first kappa shape index (κ1) is 20.0. The standard InChI is InChI=1S/C17H24N2O4S/c1-12(2)7-8-24-11-16(21)19-14-5-3-13(4-6-14)9-15(20)18-10-17(22)23/h3-6,12H,7-11H2,1-2H3,(H,18,20)(H,19,21)(H,22,23). The molecule has 0 radical (unpaired) electrons. The van der Waals surface area contributed by atoms with Crippen molar-refractivity contribution in [3.05, 3.63) is 29.8 Å². The molecule has 0 saturated carbocycles. The van der Waals surface area contributed by atoms with Crippen molar-refractivity contribution in [3.8, 4) is 0 Å². The summed E-state index contributed by atoms with van der Waals surface area (Å²) in [4.78, 5) is 33.7. The van der Waals surface area contributed by atoms with Crippen LogP contribution >= 0.6 is 11.8 Å². The third-order valence-electron chi connectivity index (χ3n) is 3.11. The van der Waals surface area contributed by atoms with Crippen LogP contribution in [0.1, 0.15) is 25.8 Å². The van der Waals surface area contributed by atoms with Gasteiger partial charge >= 0.3 is 5.97 Å². The molecule has 132 valence electrons. The van der Waals surface area contributed by atoms with E-state index in [0.29, 0.717) is 17.4 Å². The summed E-state index contributed by atoms with van der Waals surface area (Å²) in [7, 11) is 0. The van der Waals surface area contributed by atoms with E-state index >= 15 is 0 Å². The Labute approximate surface area is 146 Å². The van der Waals surface area contributed by atoms with Crippen molar-refractivity contribution in [2.45, 2.75) is 26.7 Å². The normalized spacial score (nSPS) is 10.5. The van der Waals surface area contributed by atoms with E-state index in [9.17, 15) is 14.4 Å². The number of carbonyl (C=O) groups excluding carboxylic acids is 2. The van der Waals surface area contributed by atoms with Gasteiger partial charge in [-0.05, 0) is 35.8 Å². The van der Waals surface area contributed by atoms with Crippen LogP contribution in [0.5, 0.6) is 0 Å². The first-order valence-corrected chi connectivity index (χ1v) is 8.97. The SMILES string of the molecule is CC(C)CCSCC(=O)Nc1ccc(CC(=O)NCC(=O)O)cc1. The summed E-state index contributed by atoms with van der Waals surface area (Å²) in [5.74, 6) is 0.557. The van der Waals surface area contributed by atoms with Gasteiger partial charge in [-0.2, -0.15) is 11.8 Å². The van der Waals surface area contributed by atoms with Gasteiger partial charge in [0.25, 0.3) is 0 Å². The van der Waals surface area contributed by atoms with Crippen LogP contribution in [0.3, 0.4) is 0 Å². The quantitative estimate of drug-likeness (QED) is 0.561. The smallest absolute Gasteiger partial charge is 0.322 e. The van der Waals surface area contributed by atoms with Gasteiger partial charge in [-0.1, -0.05) is 26.0 Å². The minimum Gasteiger partial charge on any atom is -0.480 e. The number of aliphatic carboxylic acids is 1. The number of nitrogens with one attached hydrogen (secondary N) is 2. The monoisotopic (exact) mass is 352 g/mol. The fourth-order valence-corrected chi connectivity index (χ4v) is 2.85. The molecule has 0 atom stereocenters. The van der Waals surface area contributed by atoms with Crippen molar-refractivity contribution in [2.24, 2.45) is 5.92 Å². The van der Waals surface area contributed by atoms with Crippen LogP contribution in [0.25, 0.3) is 0 Å². The molecule has 0 unspecified atom stereocenters. The lowest BCUT2D eigenvalue weighted by Gasteiger charge is -2.07. The molecule has 3 N–H and O–H groups in total. The molecular weight excluding hydrogens is 328 g/mol. The summed E-state index contributed by atoms with van der Waals surface area (Å²) < 4.78 is 0. The Hall–Kier alpha value is -2.02. The van der Waals surface area contributed by atoms with E-state index in [1.54, 1.807) is 36.0 Å². The molecule has 1 rings (SSSR count). The number of hydrogen-bond donors (Lipinski definition) is 3. The van der Waals surface area contributed by atoms with Gasteiger partial charge in [-0.25, -0.2) is 0 Å². The van der Waals surface area contributed by atoms with Crippen molar-refractivity contribution >= 4 is 35.2 Å². The number of amides is 2. The zero-order chi connectivity index (χ0) is 17.9. The molecule has 0 spiro atoms. The van der Waals surface area contributed by atoms with Gasteiger partial charge in [-0.3, -0.25) is 14.4 Å². The number of thioether (sulfide) groups is 1. The molecule has 0 aromatic heterocycles. The average molecular weight is 352 g/mol. The third-order valence-corrected chi connectivity index (χ3v) is 4.10. The third kappa shape index (κ3) is 9.19. The lowest BCUT2D eigenvalue weighted by molar-refractivity contribution is -0.137. The second kappa shape index (κ2) is 10.7. The maximum Gasteiger partial charge on any atom is 0.322 e. The molecule has 0 heterocycles. The van der Waals surface area contributed by atoms with E-state index in [4.69, 9.17) is 5.11 Å². The first-order valence-electron chi connectivity index (χ1n) is 7.82. The van der Waals surface area contributed by atoms with Crippen LogP contribution in [0, 0.1) is 5.92 Å². The topological polar surface area (TPSA) is 95.5 Å². The average Bonchev–Trinajstić information content (AvgIpc) is 2.51. The summed E-state index contributed by atoms with van der Waals surface area (Å²) >= 11 is 1.62. The maximum atomic E-state index is 11.8. The predicted octanol–water partition coefficient (Wildman–Crippen LogP) is 2.15. The van der Waals surface area contributed by atoms with Gasteiger partial charge < -0.3 is 15.7 Å². The van der Waals surface area contributed by atoms with Crippen LogP contribution < -0.4 is 10.6 Å². The Morgan fingerprint density at radius 2 is 1.79 bits per heavy atom. The molecule has 0 fully saturated rings. The highest BCUT2D eigenvalue weighted by atomic mass is 32.2. The minimum absolute atomic E-state index is 0.0456. The molecule has 24 heavy (non-hydrogen) atoms. The van der Waals surface area contributed by atoms with Gasteiger partial charge in [0.15, 0.2) is 0 Å². The number of anilines is 1. The number of benzene rings is 1. The zero-order valence-electron chi connectivity index (χ0n) is 14.0. The molecule has 0 aliphatic rings. The summed E-state index contributed by atoms with van der Waals surface area (Å²) in [6.45, 7) is 3.93. The van der Waals surface area contributed by atoms with E-state index in [2.05, 4.69) is 24.5 Å². The fourth-order valence-electron chi connectivity index (χ4n) is 1.81. The Bertz CT molecular complexity index is 558. The number of carbonyl (C=O) groups is 3. The summed E-state index contributed by atoms with van der Waals surface area (Å²) in [6.07, 6.45) is 1.20. The lowest BCUT2D eigenvalue weighted by atomic mass is 10.1. The Morgan fingerprint density at radius 1 is 1.12 bits per heavy atom. The van der Waals surface area contributed by atoms with Crippen LogP contribution in [-0.4, -0.2) is 40.9 Å². The highest BCUT2D eigenvalue weighted by Gasteiger charge is 2.07. The van der Waals surface area contributed by atoms with E-state index < -0.39 is 5.97 Å². The molecule has 1 aromatic rings. The molecule has 1 aromatic carbocycles. The second-order valence-electron chi connectivity index (χ2n) is 5.83. The largest absolute Gasteiger partial charge is 0.480 e. The van der Waals surface area contributed by atoms with Crippen LogP contribution in [0.4, 0.5) is 5.69 Å². The van der Waals surface area contributed by atoms with E-state index in [-0.39, 0.29) is 24.8 Å². The van der Waals surface area contributed by atoms with Crippen LogP contribution in [0.2, 0.25) is 0 Å². The van der Waals surface area contributed by atoms with Crippen LogP contribution in [0.15, 0.2) is 24.3 Å². The Kier molecular flexibility index (Phi) is 8.93. The Balaban J connectivity index is 2.34. The molecule has 2 amide bonds. The number of carboxylic acids is 1. The fraction of sp³-hybridized carbons (Fsp3) is 0.471. The van der Waals surface area contributed by atoms with E-state index in [0.717, 1.165) is 17.7 Å². The molecule has 0 saturated heterocycles. The Morgan fingerprint density at radius 3 is 2.38 bits per heavy atom. The van der Waals surface area contributed by atoms with Crippen molar-refractivity contribution < 1.29 is 19.5 Å². The van der Waals surface area contributed by atoms with Crippen molar-refractivity contribution in [3.63, 3.8) is 0 Å². The second-order valence-corrected chi connectivity index (χ2v) is 6.93. The van der Waals surface area contributed by atoms with Gasteiger partial charge in [-0.15, -0.1) is 0 Å². The van der Waals surface area contributed by atoms with E-state index in [1.165, 1.54) is 0 Å². The minimum atomic E-state index is -1.08. The molecule has 0 aliphatic heterocycles. The van der Waals surface area contributed by atoms with Crippen molar-refractivity contribution in [1.82, 2.24) is 5.32 Å². The maximum absolute atomic E-state index is 11.8. The first-order chi connectivity index (χ1) is 11.4. The van der Waals surface area contributed by atoms with E-state index in [1.807, 2.05) is 0 Å². The zero-order valence-corrected chi connectivity index (χ0v) is 14.8. The van der Waals surface area contributed by atoms with Crippen molar-refractivity contribution in [1.29, 1.82) is 0 Å². The van der Waals surface area contributed by atoms with Gasteiger partial charge in [0, 0.05) is 5.69 Å². The summed E-state index contributed by atoms with van der Waals surface area (Å²) in [5, 5.41) is 13.6. The molecular formula is C17H24N2O4S. The van der Waals surface area contributed by atoms with Gasteiger partial charge in [0.05, 0.1) is 12.2 Å². The summed E-state index contributed by atoms with van der Waals surface area (Å²) in [5.41, 5.74) is 1.43. The molecule has 0 aliphatic carbocycles. The predicted molar refractivity (Wildman–Crippen MR) is 96.2 cm³/mol. The summed E-state index contributed by atoms with van der Waals surface area (Å²) in [6, 6.07) is 6.94. The molecule has 0 bridgehead atoms. The number of carboxylic acid groups (broad SMARTS) is 1. The molecule has 6 nitrogen and oxygen atoms in total. The highest BCUT2D eigenvalue weighted by Crippen LogP contribution is 2.12.